The molecule has 0 bridgehead atoms. The van der Waals surface area contributed by atoms with Gasteiger partial charge in [-0.15, -0.1) is 0 Å². The van der Waals surface area contributed by atoms with E-state index in [4.69, 9.17) is 20.4 Å². The summed E-state index contributed by atoms with van der Waals surface area (Å²) < 4.78 is 7.14. The predicted octanol–water partition coefficient (Wildman–Crippen LogP) is 6.50. The zero-order chi connectivity index (χ0) is 30.3. The Hall–Kier alpha value is -4.56. The standard InChI is InChI=1S/C36H38N6O2/c1-36(35(43)44-2)18-16-24(17-19-36)21-41-22-27(23-41)25-10-12-28(13-11-25)42-33(29-9-6-20-38-32(29)37)40-31-15-14-30(39-34(31)42)26-7-4-3-5-8-26/h3-15,20,24,27H,16-19,21-23H2,1-2H3,(H2,37,38). The van der Waals surface area contributed by atoms with Crippen LogP contribution in [-0.2, 0) is 9.53 Å². The van der Waals surface area contributed by atoms with E-state index in [0.29, 0.717) is 17.7 Å². The average Bonchev–Trinajstić information content (AvgIpc) is 3.42. The second-order valence-corrected chi connectivity index (χ2v) is 12.6. The fourth-order valence-corrected chi connectivity index (χ4v) is 6.90. The number of nitrogen functional groups attached to an aromatic ring is 1. The average molecular weight is 587 g/mol. The summed E-state index contributed by atoms with van der Waals surface area (Å²) in [5.41, 5.74) is 12.7. The molecule has 4 heterocycles. The quantitative estimate of drug-likeness (QED) is 0.217. The molecular formula is C36H38N6O2. The number of methoxy groups -OCH3 is 1. The molecule has 224 valence electrons. The first kappa shape index (κ1) is 28.2. The maximum absolute atomic E-state index is 12.2. The Balaban J connectivity index is 1.11. The summed E-state index contributed by atoms with van der Waals surface area (Å²) in [5, 5.41) is 0. The van der Waals surface area contributed by atoms with E-state index in [-0.39, 0.29) is 11.4 Å². The highest BCUT2D eigenvalue weighted by atomic mass is 16.5. The van der Waals surface area contributed by atoms with Crippen LogP contribution in [0.2, 0.25) is 0 Å². The molecule has 0 radical (unpaired) electrons. The lowest BCUT2D eigenvalue weighted by Gasteiger charge is -2.43. The van der Waals surface area contributed by atoms with E-state index in [1.165, 1.54) is 12.7 Å². The summed E-state index contributed by atoms with van der Waals surface area (Å²) in [4.78, 5) is 29.1. The van der Waals surface area contributed by atoms with Gasteiger partial charge in [-0.3, -0.25) is 9.36 Å². The van der Waals surface area contributed by atoms with Crippen molar-refractivity contribution in [2.45, 2.75) is 38.5 Å². The first-order valence-electron chi connectivity index (χ1n) is 15.5. The van der Waals surface area contributed by atoms with Gasteiger partial charge >= 0.3 is 5.97 Å². The van der Waals surface area contributed by atoms with Gasteiger partial charge in [-0.2, -0.15) is 0 Å². The molecule has 0 atom stereocenters. The number of pyridine rings is 2. The number of carbonyl (C=O) groups excluding carboxylic acids is 1. The fourth-order valence-electron chi connectivity index (χ4n) is 6.90. The van der Waals surface area contributed by atoms with Gasteiger partial charge in [0.05, 0.1) is 23.8 Å². The summed E-state index contributed by atoms with van der Waals surface area (Å²) in [6, 6.07) is 26.9. The molecule has 2 N–H and O–H groups in total. The minimum absolute atomic E-state index is 0.0597. The highest BCUT2D eigenvalue weighted by Gasteiger charge is 2.39. The predicted molar refractivity (Wildman–Crippen MR) is 173 cm³/mol. The van der Waals surface area contributed by atoms with Gasteiger partial charge in [-0.1, -0.05) is 42.5 Å². The van der Waals surface area contributed by atoms with Crippen LogP contribution in [-0.4, -0.2) is 57.1 Å². The molecule has 8 nitrogen and oxygen atoms in total. The summed E-state index contributed by atoms with van der Waals surface area (Å²) in [5.74, 6) is 2.27. The lowest BCUT2D eigenvalue weighted by Crippen LogP contribution is -2.48. The number of hydrogen-bond donors (Lipinski definition) is 1. The number of carbonyl (C=O) groups is 1. The molecule has 44 heavy (non-hydrogen) atoms. The van der Waals surface area contributed by atoms with Crippen LogP contribution in [0.25, 0.3) is 39.5 Å². The smallest absolute Gasteiger partial charge is 0.311 e. The van der Waals surface area contributed by atoms with E-state index < -0.39 is 0 Å². The van der Waals surface area contributed by atoms with Crippen LogP contribution in [0, 0.1) is 11.3 Å². The second-order valence-electron chi connectivity index (χ2n) is 12.6. The molecule has 2 fully saturated rings. The molecule has 1 saturated carbocycles. The topological polar surface area (TPSA) is 99.2 Å². The lowest BCUT2D eigenvalue weighted by molar-refractivity contribution is -0.154. The van der Waals surface area contributed by atoms with Gasteiger partial charge in [0, 0.05) is 43.0 Å². The molecule has 1 aliphatic heterocycles. The Kier molecular flexibility index (Phi) is 7.38. The van der Waals surface area contributed by atoms with E-state index in [0.717, 1.165) is 84.8 Å². The molecular weight excluding hydrogens is 548 g/mol. The largest absolute Gasteiger partial charge is 0.469 e. The van der Waals surface area contributed by atoms with Gasteiger partial charge < -0.3 is 15.4 Å². The van der Waals surface area contributed by atoms with Gasteiger partial charge in [0.25, 0.3) is 0 Å². The number of likely N-dealkylation sites (tertiary alicyclic amines) is 1. The zero-order valence-corrected chi connectivity index (χ0v) is 25.3. The number of benzene rings is 2. The number of aromatic nitrogens is 4. The van der Waals surface area contributed by atoms with E-state index in [9.17, 15) is 4.79 Å². The number of rotatable bonds is 7. The van der Waals surface area contributed by atoms with Crippen molar-refractivity contribution in [3.05, 3.63) is 90.6 Å². The highest BCUT2D eigenvalue weighted by molar-refractivity contribution is 5.84. The zero-order valence-electron chi connectivity index (χ0n) is 25.3. The summed E-state index contributed by atoms with van der Waals surface area (Å²) in [6.45, 7) is 5.30. The van der Waals surface area contributed by atoms with Gasteiger partial charge in [0.1, 0.15) is 11.3 Å². The SMILES string of the molecule is COC(=O)C1(C)CCC(CN2CC(c3ccc(-n4c(-c5cccnc5N)nc5ccc(-c6ccccc6)nc54)cc3)C2)CC1. The first-order chi connectivity index (χ1) is 21.4. The van der Waals surface area contributed by atoms with Crippen LogP contribution < -0.4 is 5.73 Å². The molecule has 5 aromatic rings. The van der Waals surface area contributed by atoms with Crippen molar-refractivity contribution in [1.82, 2.24) is 24.4 Å². The minimum Gasteiger partial charge on any atom is -0.469 e. The fraction of sp³-hybridized carbons (Fsp3) is 0.333. The Bertz CT molecular complexity index is 1790. The van der Waals surface area contributed by atoms with Crippen molar-refractivity contribution in [1.29, 1.82) is 0 Å². The van der Waals surface area contributed by atoms with Crippen molar-refractivity contribution in [3.63, 3.8) is 0 Å². The molecule has 1 aliphatic carbocycles. The van der Waals surface area contributed by atoms with Crippen LogP contribution in [0.5, 0.6) is 0 Å². The third kappa shape index (κ3) is 5.24. The number of imidazole rings is 1. The number of esters is 1. The maximum Gasteiger partial charge on any atom is 0.311 e. The van der Waals surface area contributed by atoms with Crippen molar-refractivity contribution < 1.29 is 9.53 Å². The Labute approximate surface area is 257 Å². The molecule has 0 unspecified atom stereocenters. The molecule has 8 heteroatoms. The van der Waals surface area contributed by atoms with E-state index >= 15 is 0 Å². The van der Waals surface area contributed by atoms with Gasteiger partial charge in [0.15, 0.2) is 11.5 Å². The summed E-state index contributed by atoms with van der Waals surface area (Å²) in [6.07, 6.45) is 5.71. The van der Waals surface area contributed by atoms with Crippen LogP contribution in [0.3, 0.4) is 0 Å². The van der Waals surface area contributed by atoms with Crippen molar-refractivity contribution in [3.8, 4) is 28.3 Å². The molecule has 0 spiro atoms. The Morgan fingerprint density at radius 2 is 1.70 bits per heavy atom. The normalized spacial score (nSPS) is 20.8. The maximum atomic E-state index is 12.2. The Morgan fingerprint density at radius 1 is 0.955 bits per heavy atom. The number of nitrogens with zero attached hydrogens (tertiary/aromatic N) is 5. The third-order valence-electron chi connectivity index (χ3n) is 9.64. The molecule has 2 aromatic carbocycles. The van der Waals surface area contributed by atoms with Gasteiger partial charge in [0.2, 0.25) is 0 Å². The first-order valence-corrected chi connectivity index (χ1v) is 15.5. The lowest BCUT2D eigenvalue weighted by atomic mass is 9.71. The van der Waals surface area contributed by atoms with E-state index in [2.05, 4.69) is 57.8 Å². The van der Waals surface area contributed by atoms with Gasteiger partial charge in [-0.25, -0.2) is 15.0 Å². The van der Waals surface area contributed by atoms with E-state index in [1.807, 2.05) is 42.5 Å². The van der Waals surface area contributed by atoms with Crippen LogP contribution in [0.4, 0.5) is 5.82 Å². The monoisotopic (exact) mass is 586 g/mol. The summed E-state index contributed by atoms with van der Waals surface area (Å²) in [7, 11) is 1.50. The molecule has 3 aromatic heterocycles. The summed E-state index contributed by atoms with van der Waals surface area (Å²) >= 11 is 0. The van der Waals surface area contributed by atoms with Crippen LogP contribution in [0.1, 0.15) is 44.1 Å². The minimum atomic E-state index is -0.313. The van der Waals surface area contributed by atoms with Gasteiger partial charge in [-0.05, 0) is 80.5 Å². The number of ether oxygens (including phenoxy) is 1. The van der Waals surface area contributed by atoms with Crippen molar-refractivity contribution in [2.24, 2.45) is 11.3 Å². The Morgan fingerprint density at radius 3 is 2.41 bits per heavy atom. The molecule has 1 saturated heterocycles. The molecule has 0 amide bonds. The third-order valence-corrected chi connectivity index (χ3v) is 9.64. The van der Waals surface area contributed by atoms with Crippen LogP contribution in [0.15, 0.2) is 85.1 Å². The molecule has 7 rings (SSSR count). The van der Waals surface area contributed by atoms with Crippen molar-refractivity contribution >= 4 is 23.0 Å². The van der Waals surface area contributed by atoms with Crippen LogP contribution >= 0.6 is 0 Å². The highest BCUT2D eigenvalue weighted by Crippen LogP contribution is 2.41. The number of anilines is 1. The second kappa shape index (κ2) is 11.5. The van der Waals surface area contributed by atoms with Crippen molar-refractivity contribution in [2.75, 3.05) is 32.5 Å². The van der Waals surface area contributed by atoms with E-state index in [1.54, 1.807) is 6.20 Å². The number of fused-ring (bicyclic) bond motifs is 1. The molecule has 2 aliphatic rings. The number of hydrogen-bond acceptors (Lipinski definition) is 7. The number of nitrogens with two attached hydrogens (primary N) is 1.